The number of carbonyl (C=O) groups excluding carboxylic acids is 3. The average Bonchev–Trinajstić information content (AvgIpc) is 2.57. The predicted molar refractivity (Wildman–Crippen MR) is 94.5 cm³/mol. The Morgan fingerprint density at radius 2 is 1.04 bits per heavy atom. The third kappa shape index (κ3) is 13.9. The van der Waals surface area contributed by atoms with Gasteiger partial charge in [-0.05, 0) is 0 Å². The topological polar surface area (TPSA) is 144 Å². The van der Waals surface area contributed by atoms with Gasteiger partial charge in [0.25, 0.3) is 5.97 Å². The van der Waals surface area contributed by atoms with Crippen molar-refractivity contribution in [3.63, 3.8) is 0 Å². The Morgan fingerprint density at radius 1 is 0.679 bits per heavy atom. The van der Waals surface area contributed by atoms with Gasteiger partial charge in [0.05, 0.1) is 0 Å². The molecule has 0 amide bonds. The largest absolute Gasteiger partial charge is 0.481 e. The van der Waals surface area contributed by atoms with E-state index in [0.717, 1.165) is 6.92 Å². The number of carbonyl (C=O) groups is 4. The second kappa shape index (κ2) is 15.8. The fraction of sp³-hybridized carbons (Fsp3) is 0.765. The number of aliphatic carboxylic acids is 1. The third-order valence-corrected chi connectivity index (χ3v) is 3.12. The molecule has 0 fully saturated rings. The highest BCUT2D eigenvalue weighted by Crippen LogP contribution is 2.18. The van der Waals surface area contributed by atoms with Crippen molar-refractivity contribution >= 4 is 23.9 Å². The number of ether oxygens (including phenoxy) is 6. The summed E-state index contributed by atoms with van der Waals surface area (Å²) in [4.78, 5) is 42.4. The van der Waals surface area contributed by atoms with Crippen LogP contribution < -0.4 is 0 Å². The van der Waals surface area contributed by atoms with Crippen LogP contribution in [-0.4, -0.2) is 87.9 Å². The van der Waals surface area contributed by atoms with E-state index < -0.39 is 48.3 Å². The number of carboxylic acids is 1. The first-order valence-corrected chi connectivity index (χ1v) is 8.21. The van der Waals surface area contributed by atoms with E-state index in [4.69, 9.17) is 38.3 Å². The standard InChI is InChI=1S/C15H26O9.C2H4O2/c1-9(16)22-7-12(19-4)14(20-5)15(21-6)13(24-11(3)18)8-23-10(2)17;1-2(3)4/h12-15H,7-8H2,1-6H3;1H3,(H,3,4)/t12-,13+,14+,15+;/m0./s1. The monoisotopic (exact) mass is 410 g/mol. The van der Waals surface area contributed by atoms with Gasteiger partial charge in [-0.15, -0.1) is 0 Å². The van der Waals surface area contributed by atoms with Crippen LogP contribution in [0, 0.1) is 0 Å². The maximum absolute atomic E-state index is 11.3. The zero-order valence-electron chi connectivity index (χ0n) is 17.3. The second-order valence-corrected chi connectivity index (χ2v) is 5.45. The number of rotatable bonds is 11. The SMILES string of the molecule is CC(=O)O.CO[C@@H]([C@H](OC)[C@@H](COC(C)=O)OC(C)=O)[C@H](COC(C)=O)OC. The van der Waals surface area contributed by atoms with Crippen LogP contribution in [0.5, 0.6) is 0 Å². The van der Waals surface area contributed by atoms with Crippen LogP contribution in [0.1, 0.15) is 27.7 Å². The van der Waals surface area contributed by atoms with Crippen molar-refractivity contribution in [2.75, 3.05) is 34.5 Å². The van der Waals surface area contributed by atoms with Gasteiger partial charge in [0, 0.05) is 49.0 Å². The molecule has 1 N–H and O–H groups in total. The molecule has 0 aromatic heterocycles. The van der Waals surface area contributed by atoms with E-state index in [1.165, 1.54) is 42.1 Å². The van der Waals surface area contributed by atoms with Crippen LogP contribution in [0.4, 0.5) is 0 Å². The van der Waals surface area contributed by atoms with Crippen LogP contribution >= 0.6 is 0 Å². The van der Waals surface area contributed by atoms with E-state index in [9.17, 15) is 14.4 Å². The normalized spacial score (nSPS) is 14.4. The Balaban J connectivity index is 0. The molecule has 0 bridgehead atoms. The van der Waals surface area contributed by atoms with Gasteiger partial charge >= 0.3 is 17.9 Å². The van der Waals surface area contributed by atoms with Gasteiger partial charge in [0.1, 0.15) is 31.5 Å². The zero-order valence-corrected chi connectivity index (χ0v) is 17.3. The molecule has 4 atom stereocenters. The quantitative estimate of drug-likeness (QED) is 0.368. The van der Waals surface area contributed by atoms with Crippen molar-refractivity contribution in [1.29, 1.82) is 0 Å². The van der Waals surface area contributed by atoms with Crippen molar-refractivity contribution in [3.05, 3.63) is 0 Å². The summed E-state index contributed by atoms with van der Waals surface area (Å²) >= 11 is 0. The molecule has 11 nitrogen and oxygen atoms in total. The molecule has 0 unspecified atom stereocenters. The molecule has 0 radical (unpaired) electrons. The summed E-state index contributed by atoms with van der Waals surface area (Å²) in [5, 5.41) is 7.42. The Bertz CT molecular complexity index is 487. The van der Waals surface area contributed by atoms with E-state index in [1.54, 1.807) is 0 Å². The van der Waals surface area contributed by atoms with Crippen molar-refractivity contribution in [3.8, 4) is 0 Å². The molecule has 0 aliphatic carbocycles. The summed E-state index contributed by atoms with van der Waals surface area (Å²) in [7, 11) is 4.21. The van der Waals surface area contributed by atoms with E-state index in [2.05, 4.69) is 0 Å². The number of hydrogen-bond donors (Lipinski definition) is 1. The van der Waals surface area contributed by atoms with Crippen LogP contribution in [0.25, 0.3) is 0 Å². The summed E-state index contributed by atoms with van der Waals surface area (Å²) in [6.07, 6.45) is -3.17. The fourth-order valence-corrected chi connectivity index (χ4v) is 2.10. The molecule has 0 saturated heterocycles. The molecule has 11 heteroatoms. The average molecular weight is 410 g/mol. The molecule has 0 aromatic rings. The van der Waals surface area contributed by atoms with Crippen LogP contribution in [0.2, 0.25) is 0 Å². The lowest BCUT2D eigenvalue weighted by atomic mass is 10.0. The first-order chi connectivity index (χ1) is 13.0. The lowest BCUT2D eigenvalue weighted by Crippen LogP contribution is -2.52. The number of methoxy groups -OCH3 is 3. The lowest BCUT2D eigenvalue weighted by Gasteiger charge is -2.34. The van der Waals surface area contributed by atoms with Crippen molar-refractivity contribution in [1.82, 2.24) is 0 Å². The van der Waals surface area contributed by atoms with Crippen LogP contribution in [-0.2, 0) is 47.6 Å². The Kier molecular flexibility index (Phi) is 15.8. The van der Waals surface area contributed by atoms with Crippen molar-refractivity contribution < 1.29 is 52.7 Å². The minimum Gasteiger partial charge on any atom is -0.481 e. The summed E-state index contributed by atoms with van der Waals surface area (Å²) in [6, 6.07) is 0. The maximum atomic E-state index is 11.3. The molecular weight excluding hydrogens is 380 g/mol. The Labute approximate surface area is 164 Å². The van der Waals surface area contributed by atoms with Gasteiger partial charge in [-0.2, -0.15) is 0 Å². The smallest absolute Gasteiger partial charge is 0.303 e. The highest BCUT2D eigenvalue weighted by molar-refractivity contribution is 5.67. The third-order valence-electron chi connectivity index (χ3n) is 3.12. The van der Waals surface area contributed by atoms with Crippen molar-refractivity contribution in [2.24, 2.45) is 0 Å². The molecular formula is C17H30O11. The minimum atomic E-state index is -0.920. The molecule has 0 saturated carbocycles. The van der Waals surface area contributed by atoms with Crippen LogP contribution in [0.3, 0.4) is 0 Å². The highest BCUT2D eigenvalue weighted by atomic mass is 16.6. The van der Waals surface area contributed by atoms with Gasteiger partial charge in [-0.1, -0.05) is 0 Å². The molecule has 0 aromatic carbocycles. The van der Waals surface area contributed by atoms with E-state index in [1.807, 2.05) is 0 Å². The number of carboxylic acid groups (broad SMARTS) is 1. The first-order valence-electron chi connectivity index (χ1n) is 8.21. The van der Waals surface area contributed by atoms with E-state index in [0.29, 0.717) is 0 Å². The zero-order chi connectivity index (χ0) is 22.3. The second-order valence-electron chi connectivity index (χ2n) is 5.45. The highest BCUT2D eigenvalue weighted by Gasteiger charge is 2.38. The van der Waals surface area contributed by atoms with Gasteiger partial charge in [-0.25, -0.2) is 0 Å². The van der Waals surface area contributed by atoms with Crippen LogP contribution in [0.15, 0.2) is 0 Å². The lowest BCUT2D eigenvalue weighted by molar-refractivity contribution is -0.188. The number of hydrogen-bond acceptors (Lipinski definition) is 10. The van der Waals surface area contributed by atoms with Gasteiger partial charge in [-0.3, -0.25) is 19.2 Å². The molecule has 0 aliphatic rings. The van der Waals surface area contributed by atoms with Gasteiger partial charge in [0.2, 0.25) is 0 Å². The molecule has 28 heavy (non-hydrogen) atoms. The van der Waals surface area contributed by atoms with E-state index in [-0.39, 0.29) is 13.2 Å². The molecule has 164 valence electrons. The molecule has 0 rings (SSSR count). The summed E-state index contributed by atoms with van der Waals surface area (Å²) in [5.41, 5.74) is 0. The molecule has 0 aliphatic heterocycles. The summed E-state index contributed by atoms with van der Waals surface area (Å²) in [5.74, 6) is -2.41. The predicted octanol–water partition coefficient (Wildman–Crippen LogP) is 0.180. The summed E-state index contributed by atoms with van der Waals surface area (Å²) < 4.78 is 31.1. The Morgan fingerprint density at radius 3 is 1.32 bits per heavy atom. The summed E-state index contributed by atoms with van der Waals surface area (Å²) in [6.45, 7) is 4.52. The van der Waals surface area contributed by atoms with Gasteiger partial charge in [0.15, 0.2) is 6.10 Å². The first kappa shape index (κ1) is 28.0. The molecule has 0 spiro atoms. The van der Waals surface area contributed by atoms with E-state index >= 15 is 0 Å². The number of esters is 3. The van der Waals surface area contributed by atoms with Gasteiger partial charge < -0.3 is 33.5 Å². The fourth-order valence-electron chi connectivity index (χ4n) is 2.10. The Hall–Kier alpha value is -2.24. The molecule has 0 heterocycles. The maximum Gasteiger partial charge on any atom is 0.303 e. The van der Waals surface area contributed by atoms with Crippen molar-refractivity contribution in [2.45, 2.75) is 52.1 Å². The minimum absolute atomic E-state index is 0.0788.